The van der Waals surface area contributed by atoms with Gasteiger partial charge in [-0.25, -0.2) is 0 Å². The fourth-order valence-electron chi connectivity index (χ4n) is 4.63. The fourth-order valence-corrected chi connectivity index (χ4v) is 4.72. The maximum atomic E-state index is 14.0. The van der Waals surface area contributed by atoms with E-state index in [1.54, 1.807) is 25.3 Å². The molecule has 2 atom stereocenters. The number of hydrogen-bond acceptors (Lipinski definition) is 1. The van der Waals surface area contributed by atoms with Crippen molar-refractivity contribution in [3.05, 3.63) is 75.4 Å². The molecule has 0 aliphatic heterocycles. The molecule has 0 aromatic heterocycles. The summed E-state index contributed by atoms with van der Waals surface area (Å²) in [5.41, 5.74) is 6.59. The molecular formula is C27H33F3N2S. The summed E-state index contributed by atoms with van der Waals surface area (Å²) in [4.78, 5) is 0. The third-order valence-corrected chi connectivity index (χ3v) is 6.96. The van der Waals surface area contributed by atoms with Crippen molar-refractivity contribution in [3.8, 4) is 0 Å². The van der Waals surface area contributed by atoms with Gasteiger partial charge in [0.15, 0.2) is 5.11 Å². The predicted molar refractivity (Wildman–Crippen MR) is 135 cm³/mol. The fraction of sp³-hybridized carbons (Fsp3) is 0.444. The van der Waals surface area contributed by atoms with Gasteiger partial charge in [-0.2, -0.15) is 13.2 Å². The summed E-state index contributed by atoms with van der Waals surface area (Å²) in [6, 6.07) is 9.42. The number of alkyl halides is 3. The molecule has 1 aliphatic rings. The van der Waals surface area contributed by atoms with E-state index in [4.69, 9.17) is 12.2 Å². The van der Waals surface area contributed by atoms with Crippen LogP contribution in [0.3, 0.4) is 0 Å². The normalized spacial score (nSPS) is 16.6. The van der Waals surface area contributed by atoms with Gasteiger partial charge < -0.3 is 10.6 Å². The monoisotopic (exact) mass is 474 g/mol. The van der Waals surface area contributed by atoms with Gasteiger partial charge in [-0.05, 0) is 84.3 Å². The van der Waals surface area contributed by atoms with Gasteiger partial charge in [-0.3, -0.25) is 0 Å². The first-order valence-corrected chi connectivity index (χ1v) is 12.0. The van der Waals surface area contributed by atoms with E-state index in [1.165, 1.54) is 17.2 Å². The van der Waals surface area contributed by atoms with Crippen LogP contribution in [-0.4, -0.2) is 24.9 Å². The number of rotatable bonds is 7. The van der Waals surface area contributed by atoms with Crippen molar-refractivity contribution in [3.63, 3.8) is 0 Å². The lowest BCUT2D eigenvalue weighted by Crippen LogP contribution is -2.34. The van der Waals surface area contributed by atoms with Crippen LogP contribution >= 0.6 is 12.2 Å². The topological polar surface area (TPSA) is 24.1 Å². The molecule has 0 saturated heterocycles. The molecule has 178 valence electrons. The van der Waals surface area contributed by atoms with Gasteiger partial charge in [0.05, 0.1) is 5.92 Å². The van der Waals surface area contributed by atoms with Gasteiger partial charge in [0, 0.05) is 19.5 Å². The lowest BCUT2D eigenvalue weighted by atomic mass is 9.89. The van der Waals surface area contributed by atoms with E-state index in [-0.39, 0.29) is 0 Å². The number of allylic oxidation sites excluding steroid dienone is 1. The number of aryl methyl sites for hydroxylation is 3. The van der Waals surface area contributed by atoms with Crippen LogP contribution in [0.4, 0.5) is 13.2 Å². The molecule has 2 N–H and O–H groups in total. The van der Waals surface area contributed by atoms with Crippen molar-refractivity contribution in [1.29, 1.82) is 0 Å². The number of thiocarbonyl (C=S) groups is 1. The smallest absolute Gasteiger partial charge is 0.366 e. The molecule has 6 heteroatoms. The summed E-state index contributed by atoms with van der Waals surface area (Å²) in [6.45, 7) is 6.68. The van der Waals surface area contributed by atoms with Crippen LogP contribution in [0.15, 0.2) is 36.4 Å². The highest BCUT2D eigenvalue weighted by Gasteiger charge is 2.39. The van der Waals surface area contributed by atoms with Crippen LogP contribution in [-0.2, 0) is 12.8 Å². The molecule has 0 bridgehead atoms. The molecule has 0 saturated carbocycles. The maximum absolute atomic E-state index is 14.0. The molecule has 2 unspecified atom stereocenters. The Labute approximate surface area is 200 Å². The Morgan fingerprint density at radius 1 is 1.21 bits per heavy atom. The first kappa shape index (κ1) is 25.3. The number of nitrogens with one attached hydrogen (secondary N) is 2. The first-order valence-electron chi connectivity index (χ1n) is 11.6. The summed E-state index contributed by atoms with van der Waals surface area (Å²) in [6.07, 6.45) is 2.21. The quantitative estimate of drug-likeness (QED) is 0.435. The van der Waals surface area contributed by atoms with Crippen LogP contribution in [0, 0.1) is 13.8 Å². The van der Waals surface area contributed by atoms with Crippen molar-refractivity contribution >= 4 is 23.4 Å². The van der Waals surface area contributed by atoms with Gasteiger partial charge in [-0.15, -0.1) is 0 Å². The molecule has 2 nitrogen and oxygen atoms in total. The Kier molecular flexibility index (Phi) is 8.22. The zero-order valence-electron chi connectivity index (χ0n) is 19.8. The molecule has 0 spiro atoms. The average molecular weight is 475 g/mol. The second-order valence-corrected chi connectivity index (χ2v) is 9.31. The number of hydrogen-bond donors (Lipinski definition) is 2. The van der Waals surface area contributed by atoms with Crippen molar-refractivity contribution in [1.82, 2.24) is 10.6 Å². The predicted octanol–water partition coefficient (Wildman–Crippen LogP) is 6.74. The summed E-state index contributed by atoms with van der Waals surface area (Å²) in [7, 11) is 1.79. The Balaban J connectivity index is 1.84. The average Bonchev–Trinajstić information content (AvgIpc) is 3.17. The van der Waals surface area contributed by atoms with E-state index in [0.717, 1.165) is 54.5 Å². The summed E-state index contributed by atoms with van der Waals surface area (Å²) in [5.74, 6) is -1.26. The maximum Gasteiger partial charge on any atom is 0.399 e. The molecule has 3 rings (SSSR count). The van der Waals surface area contributed by atoms with E-state index in [9.17, 15) is 13.2 Å². The molecule has 0 heterocycles. The minimum Gasteiger partial charge on any atom is -0.366 e. The summed E-state index contributed by atoms with van der Waals surface area (Å²) >= 11 is 5.15. The van der Waals surface area contributed by atoms with Gasteiger partial charge in [0.2, 0.25) is 0 Å². The second-order valence-electron chi connectivity index (χ2n) is 8.90. The van der Waals surface area contributed by atoms with E-state index >= 15 is 0 Å². The Hall–Kier alpha value is -2.34. The van der Waals surface area contributed by atoms with Gasteiger partial charge in [0.1, 0.15) is 0 Å². The molecule has 2 aromatic rings. The minimum atomic E-state index is -4.35. The molecule has 0 fully saturated rings. The van der Waals surface area contributed by atoms with Crippen LogP contribution in [0.25, 0.3) is 6.08 Å². The Morgan fingerprint density at radius 3 is 2.64 bits per heavy atom. The van der Waals surface area contributed by atoms with E-state index in [1.807, 2.05) is 32.9 Å². The van der Waals surface area contributed by atoms with Crippen LogP contribution < -0.4 is 10.6 Å². The minimum absolute atomic E-state index is 0.318. The Bertz CT molecular complexity index is 1030. The van der Waals surface area contributed by atoms with Crippen LogP contribution in [0.2, 0.25) is 0 Å². The van der Waals surface area contributed by atoms with E-state index in [0.29, 0.717) is 16.6 Å². The third kappa shape index (κ3) is 6.17. The van der Waals surface area contributed by atoms with Crippen molar-refractivity contribution in [2.75, 3.05) is 13.6 Å². The van der Waals surface area contributed by atoms with Gasteiger partial charge in [0.25, 0.3) is 0 Å². The van der Waals surface area contributed by atoms with Crippen molar-refractivity contribution in [2.24, 2.45) is 0 Å². The number of benzene rings is 2. The van der Waals surface area contributed by atoms with Gasteiger partial charge >= 0.3 is 6.18 Å². The lowest BCUT2D eigenvalue weighted by molar-refractivity contribution is -0.139. The van der Waals surface area contributed by atoms with Crippen LogP contribution in [0.1, 0.15) is 70.5 Å². The molecule has 33 heavy (non-hydrogen) atoms. The highest BCUT2D eigenvalue weighted by molar-refractivity contribution is 7.80. The van der Waals surface area contributed by atoms with Crippen molar-refractivity contribution < 1.29 is 13.2 Å². The Morgan fingerprint density at radius 2 is 1.97 bits per heavy atom. The standard InChI is InChI=1S/C27H33F3N2S/c1-5-6-20-15-23(13-17(2)18(20)3)25(27(28,29)30)12-8-19-7-11-24-21(14-19)9-10-22(24)16-32-26(33)31-4/h7-8,11-15,22,25H,5-6,9-10,16H2,1-4H3,(H2,31,32,33)/b12-8+. The largest absolute Gasteiger partial charge is 0.399 e. The van der Waals surface area contributed by atoms with E-state index < -0.39 is 12.1 Å². The molecule has 1 aliphatic carbocycles. The molecule has 2 aromatic carbocycles. The van der Waals surface area contributed by atoms with Crippen molar-refractivity contribution in [2.45, 2.75) is 64.5 Å². The summed E-state index contributed by atoms with van der Waals surface area (Å²) in [5, 5.41) is 6.74. The number of halogens is 3. The zero-order chi connectivity index (χ0) is 24.2. The lowest BCUT2D eigenvalue weighted by Gasteiger charge is -2.20. The first-order chi connectivity index (χ1) is 15.6. The molecule has 0 amide bonds. The third-order valence-electron chi connectivity index (χ3n) is 6.61. The summed E-state index contributed by atoms with van der Waals surface area (Å²) < 4.78 is 42.1. The highest BCUT2D eigenvalue weighted by atomic mass is 32.1. The highest BCUT2D eigenvalue weighted by Crippen LogP contribution is 2.39. The zero-order valence-corrected chi connectivity index (χ0v) is 20.6. The molecular weight excluding hydrogens is 441 g/mol. The van der Waals surface area contributed by atoms with Crippen LogP contribution in [0.5, 0.6) is 0 Å². The SMILES string of the molecule is CCCc1cc(C(/C=C/c2ccc3c(c2)CCC3CNC(=S)NC)C(F)(F)F)cc(C)c1C. The van der Waals surface area contributed by atoms with E-state index in [2.05, 4.69) is 16.7 Å². The number of fused-ring (bicyclic) bond motifs is 1. The molecule has 0 radical (unpaired) electrons. The van der Waals surface area contributed by atoms with Gasteiger partial charge in [-0.1, -0.05) is 55.8 Å². The second kappa shape index (κ2) is 10.7.